The maximum absolute atomic E-state index is 13.4. The van der Waals surface area contributed by atoms with E-state index in [0.717, 1.165) is 18.5 Å². The van der Waals surface area contributed by atoms with Crippen LogP contribution in [0.1, 0.15) is 18.4 Å². The standard InChI is InChI=1S/C13H19F3O2Si/c1-17-19(3,18-2)7-5-4-6-10-8-12(15)13(16)9-11(10)14/h8-9H,4-7H2,1-3H3. The lowest BCUT2D eigenvalue weighted by molar-refractivity contribution is 0.248. The van der Waals surface area contributed by atoms with Crippen LogP contribution in [0.15, 0.2) is 12.1 Å². The summed E-state index contributed by atoms with van der Waals surface area (Å²) < 4.78 is 49.8. The molecule has 0 spiro atoms. The van der Waals surface area contributed by atoms with Crippen LogP contribution in [-0.4, -0.2) is 22.8 Å². The molecule has 1 rings (SSSR count). The highest BCUT2D eigenvalue weighted by Crippen LogP contribution is 2.19. The quantitative estimate of drug-likeness (QED) is 0.432. The molecular weight excluding hydrogens is 273 g/mol. The Hall–Kier alpha value is -0.853. The van der Waals surface area contributed by atoms with Gasteiger partial charge in [-0.05, 0) is 37.1 Å². The molecule has 0 heterocycles. The number of rotatable bonds is 7. The molecule has 0 bridgehead atoms. The predicted octanol–water partition coefficient (Wildman–Crippen LogP) is 3.79. The van der Waals surface area contributed by atoms with E-state index in [0.29, 0.717) is 18.9 Å². The van der Waals surface area contributed by atoms with E-state index in [-0.39, 0.29) is 5.56 Å². The Morgan fingerprint density at radius 2 is 1.53 bits per heavy atom. The largest absolute Gasteiger partial charge is 0.398 e. The zero-order valence-corrected chi connectivity index (χ0v) is 12.4. The molecule has 108 valence electrons. The third-order valence-corrected chi connectivity index (χ3v) is 6.27. The fourth-order valence-corrected chi connectivity index (χ4v) is 3.27. The number of benzene rings is 1. The van der Waals surface area contributed by atoms with Gasteiger partial charge in [-0.25, -0.2) is 13.2 Å². The summed E-state index contributed by atoms with van der Waals surface area (Å²) in [6.45, 7) is 1.95. The molecule has 2 nitrogen and oxygen atoms in total. The van der Waals surface area contributed by atoms with Gasteiger partial charge in [-0.1, -0.05) is 6.42 Å². The molecule has 0 aliphatic carbocycles. The van der Waals surface area contributed by atoms with Gasteiger partial charge in [0.2, 0.25) is 0 Å². The summed E-state index contributed by atoms with van der Waals surface area (Å²) in [7, 11) is 1.13. The van der Waals surface area contributed by atoms with Gasteiger partial charge in [-0.15, -0.1) is 0 Å². The maximum Gasteiger partial charge on any atom is 0.334 e. The number of hydrogen-bond donors (Lipinski definition) is 0. The average Bonchev–Trinajstić information content (AvgIpc) is 2.40. The molecule has 0 aliphatic rings. The van der Waals surface area contributed by atoms with E-state index in [1.807, 2.05) is 6.55 Å². The van der Waals surface area contributed by atoms with Crippen molar-refractivity contribution in [2.24, 2.45) is 0 Å². The van der Waals surface area contributed by atoms with Crippen molar-refractivity contribution in [3.63, 3.8) is 0 Å². The van der Waals surface area contributed by atoms with Crippen LogP contribution in [0.4, 0.5) is 13.2 Å². The second-order valence-electron chi connectivity index (χ2n) is 4.61. The lowest BCUT2D eigenvalue weighted by Crippen LogP contribution is -2.35. The number of hydrogen-bond acceptors (Lipinski definition) is 2. The minimum atomic E-state index is -2.10. The van der Waals surface area contributed by atoms with Crippen LogP contribution in [0.3, 0.4) is 0 Å². The van der Waals surface area contributed by atoms with Crippen LogP contribution in [0.5, 0.6) is 0 Å². The van der Waals surface area contributed by atoms with Crippen molar-refractivity contribution in [3.05, 3.63) is 35.1 Å². The van der Waals surface area contributed by atoms with Crippen LogP contribution in [0, 0.1) is 17.5 Å². The second-order valence-corrected chi connectivity index (χ2v) is 8.19. The van der Waals surface area contributed by atoms with Gasteiger partial charge in [0.05, 0.1) is 0 Å². The van der Waals surface area contributed by atoms with Gasteiger partial charge in [-0.3, -0.25) is 0 Å². The first-order valence-electron chi connectivity index (χ1n) is 6.15. The highest BCUT2D eigenvalue weighted by atomic mass is 28.4. The van der Waals surface area contributed by atoms with E-state index in [4.69, 9.17) is 8.85 Å². The molecule has 0 saturated heterocycles. The monoisotopic (exact) mass is 292 g/mol. The Labute approximate surface area is 112 Å². The summed E-state index contributed by atoms with van der Waals surface area (Å²) in [5, 5.41) is 0. The molecule has 1 aromatic carbocycles. The molecule has 0 radical (unpaired) electrons. The highest BCUT2D eigenvalue weighted by molar-refractivity contribution is 6.65. The third kappa shape index (κ3) is 4.63. The maximum atomic E-state index is 13.4. The Balaban J connectivity index is 2.48. The minimum Gasteiger partial charge on any atom is -0.398 e. The van der Waals surface area contributed by atoms with E-state index in [2.05, 4.69) is 0 Å². The lowest BCUT2D eigenvalue weighted by atomic mass is 10.1. The van der Waals surface area contributed by atoms with Gasteiger partial charge in [0.25, 0.3) is 0 Å². The third-order valence-electron chi connectivity index (χ3n) is 3.28. The molecule has 0 aliphatic heterocycles. The molecule has 0 amide bonds. The summed E-state index contributed by atoms with van der Waals surface area (Å²) in [6, 6.07) is 2.30. The summed E-state index contributed by atoms with van der Waals surface area (Å²) >= 11 is 0. The Bertz CT molecular complexity index is 423. The number of unbranched alkanes of at least 4 members (excludes halogenated alkanes) is 1. The van der Waals surface area contributed by atoms with Crippen LogP contribution in [-0.2, 0) is 15.3 Å². The SMILES string of the molecule is CO[Si](C)(CCCCc1cc(F)c(F)cc1F)OC. The van der Waals surface area contributed by atoms with Crippen molar-refractivity contribution < 1.29 is 22.0 Å². The molecule has 0 atom stereocenters. The van der Waals surface area contributed by atoms with Gasteiger partial charge >= 0.3 is 8.56 Å². The van der Waals surface area contributed by atoms with Crippen LogP contribution in [0.25, 0.3) is 0 Å². The first-order chi connectivity index (χ1) is 8.91. The van der Waals surface area contributed by atoms with Crippen LogP contribution in [0.2, 0.25) is 12.6 Å². The van der Waals surface area contributed by atoms with Gasteiger partial charge in [-0.2, -0.15) is 0 Å². The van der Waals surface area contributed by atoms with Gasteiger partial charge in [0.15, 0.2) is 11.6 Å². The average molecular weight is 292 g/mol. The van der Waals surface area contributed by atoms with Gasteiger partial charge < -0.3 is 8.85 Å². The molecule has 1 aromatic rings. The summed E-state index contributed by atoms with van der Waals surface area (Å²) in [4.78, 5) is 0. The van der Waals surface area contributed by atoms with Gasteiger partial charge in [0, 0.05) is 20.3 Å². The Kier molecular flexibility index (Phi) is 6.03. The predicted molar refractivity (Wildman–Crippen MR) is 69.7 cm³/mol. The Morgan fingerprint density at radius 3 is 2.11 bits per heavy atom. The molecular formula is C13H19F3O2Si. The molecule has 0 N–H and O–H groups in total. The van der Waals surface area contributed by atoms with Crippen molar-refractivity contribution in [3.8, 4) is 0 Å². The van der Waals surface area contributed by atoms with Crippen LogP contribution < -0.4 is 0 Å². The van der Waals surface area contributed by atoms with Crippen molar-refractivity contribution in [2.75, 3.05) is 14.2 Å². The second kappa shape index (κ2) is 7.07. The first kappa shape index (κ1) is 16.2. The van der Waals surface area contributed by atoms with Crippen molar-refractivity contribution in [2.45, 2.75) is 31.9 Å². The summed E-state index contributed by atoms with van der Waals surface area (Å²) in [6.07, 6.45) is 1.85. The van der Waals surface area contributed by atoms with E-state index >= 15 is 0 Å². The number of halogens is 3. The normalized spacial score (nSPS) is 11.9. The topological polar surface area (TPSA) is 18.5 Å². The van der Waals surface area contributed by atoms with E-state index < -0.39 is 26.0 Å². The zero-order valence-electron chi connectivity index (χ0n) is 11.4. The van der Waals surface area contributed by atoms with E-state index in [9.17, 15) is 13.2 Å². The van der Waals surface area contributed by atoms with Crippen molar-refractivity contribution in [1.82, 2.24) is 0 Å². The Morgan fingerprint density at radius 1 is 0.947 bits per heavy atom. The van der Waals surface area contributed by atoms with Crippen molar-refractivity contribution in [1.29, 1.82) is 0 Å². The fraction of sp³-hybridized carbons (Fsp3) is 0.538. The smallest absolute Gasteiger partial charge is 0.334 e. The van der Waals surface area contributed by atoms with Gasteiger partial charge in [0.1, 0.15) is 5.82 Å². The molecule has 0 aromatic heterocycles. The van der Waals surface area contributed by atoms with E-state index in [1.165, 1.54) is 0 Å². The molecule has 0 fully saturated rings. The summed E-state index contributed by atoms with van der Waals surface area (Å²) in [5.74, 6) is -2.86. The zero-order chi connectivity index (χ0) is 14.5. The van der Waals surface area contributed by atoms with Crippen LogP contribution >= 0.6 is 0 Å². The fourth-order valence-electron chi connectivity index (χ4n) is 1.80. The summed E-state index contributed by atoms with van der Waals surface area (Å²) in [5.41, 5.74) is 0.206. The first-order valence-corrected chi connectivity index (χ1v) is 8.68. The molecule has 6 heteroatoms. The molecule has 19 heavy (non-hydrogen) atoms. The van der Waals surface area contributed by atoms with E-state index in [1.54, 1.807) is 14.2 Å². The minimum absolute atomic E-state index is 0.206. The number of aryl methyl sites for hydroxylation is 1. The molecule has 0 unspecified atom stereocenters. The highest BCUT2D eigenvalue weighted by Gasteiger charge is 2.27. The van der Waals surface area contributed by atoms with Crippen molar-refractivity contribution >= 4 is 8.56 Å². The lowest BCUT2D eigenvalue weighted by Gasteiger charge is -2.22. The molecule has 0 saturated carbocycles.